The monoisotopic (exact) mass is 457 g/mol. The van der Waals surface area contributed by atoms with Crippen molar-refractivity contribution in [3.63, 3.8) is 0 Å². The molecule has 2 aromatic carbocycles. The van der Waals surface area contributed by atoms with Gasteiger partial charge in [0.05, 0.1) is 17.7 Å². The van der Waals surface area contributed by atoms with Gasteiger partial charge in [-0.05, 0) is 49.6 Å². The van der Waals surface area contributed by atoms with Gasteiger partial charge in [0.25, 0.3) is 0 Å². The van der Waals surface area contributed by atoms with Crippen LogP contribution in [0.1, 0.15) is 26.2 Å². The van der Waals surface area contributed by atoms with E-state index in [4.69, 9.17) is 9.73 Å². The van der Waals surface area contributed by atoms with Crippen molar-refractivity contribution < 1.29 is 13.2 Å². The zero-order valence-corrected chi connectivity index (χ0v) is 19.5. The first kappa shape index (κ1) is 21.8. The van der Waals surface area contributed by atoms with Crippen LogP contribution in [0, 0.1) is 0 Å². The Labute approximate surface area is 187 Å². The van der Waals surface area contributed by atoms with Crippen LogP contribution in [0.3, 0.4) is 0 Å². The van der Waals surface area contributed by atoms with E-state index in [0.717, 1.165) is 53.3 Å². The van der Waals surface area contributed by atoms with Gasteiger partial charge in [0, 0.05) is 25.0 Å². The highest BCUT2D eigenvalue weighted by atomic mass is 32.2. The van der Waals surface area contributed by atoms with Crippen molar-refractivity contribution in [2.75, 3.05) is 20.2 Å². The van der Waals surface area contributed by atoms with E-state index in [0.29, 0.717) is 18.0 Å². The lowest BCUT2D eigenvalue weighted by Gasteiger charge is -2.25. The molecule has 31 heavy (non-hydrogen) atoms. The second kappa shape index (κ2) is 9.38. The van der Waals surface area contributed by atoms with E-state index >= 15 is 0 Å². The van der Waals surface area contributed by atoms with Gasteiger partial charge in [-0.25, -0.2) is 13.4 Å². The maximum absolute atomic E-state index is 12.9. The molecule has 3 aromatic rings. The van der Waals surface area contributed by atoms with Gasteiger partial charge < -0.3 is 9.30 Å². The number of aromatic nitrogens is 1. The van der Waals surface area contributed by atoms with Gasteiger partial charge in [0.2, 0.25) is 10.0 Å². The second-order valence-corrected chi connectivity index (χ2v) is 10.2. The normalized spacial score (nSPS) is 15.9. The summed E-state index contributed by atoms with van der Waals surface area (Å²) in [5.41, 5.74) is 2.77. The molecule has 1 aromatic heterocycles. The minimum absolute atomic E-state index is 0.357. The smallest absolute Gasteiger partial charge is 0.243 e. The van der Waals surface area contributed by atoms with E-state index in [1.54, 1.807) is 34.9 Å². The number of methoxy groups -OCH3 is 1. The molecule has 1 aliphatic rings. The Morgan fingerprint density at radius 3 is 2.42 bits per heavy atom. The molecule has 8 heteroatoms. The number of thiazole rings is 1. The Balaban J connectivity index is 1.67. The van der Waals surface area contributed by atoms with E-state index in [1.165, 1.54) is 0 Å². The van der Waals surface area contributed by atoms with Gasteiger partial charge in [0.1, 0.15) is 11.4 Å². The van der Waals surface area contributed by atoms with Crippen LogP contribution >= 0.6 is 11.3 Å². The first-order valence-corrected chi connectivity index (χ1v) is 12.8. The van der Waals surface area contributed by atoms with Gasteiger partial charge in [-0.1, -0.05) is 30.7 Å². The van der Waals surface area contributed by atoms with Crippen molar-refractivity contribution in [3.8, 4) is 17.0 Å². The number of nitrogens with zero attached hydrogens (tertiary/aromatic N) is 3. The molecular formula is C23H27N3O3S2. The topological polar surface area (TPSA) is 63.9 Å². The number of hydrogen-bond acceptors (Lipinski definition) is 5. The summed E-state index contributed by atoms with van der Waals surface area (Å²) in [6.07, 6.45) is 2.96. The van der Waals surface area contributed by atoms with Crippen LogP contribution < -0.4 is 9.54 Å². The number of hydrogen-bond donors (Lipinski definition) is 0. The third-order valence-corrected chi connectivity index (χ3v) is 8.29. The molecule has 2 heterocycles. The molecular weight excluding hydrogens is 430 g/mol. The molecule has 1 aliphatic heterocycles. The largest absolute Gasteiger partial charge is 0.494 e. The van der Waals surface area contributed by atoms with Gasteiger partial charge in [-0.2, -0.15) is 4.31 Å². The van der Waals surface area contributed by atoms with Crippen LogP contribution in [0.15, 0.2) is 63.8 Å². The molecule has 6 nitrogen and oxygen atoms in total. The number of rotatable bonds is 6. The maximum Gasteiger partial charge on any atom is 0.243 e. The van der Waals surface area contributed by atoms with E-state index in [-0.39, 0.29) is 0 Å². The zero-order chi connectivity index (χ0) is 21.8. The van der Waals surface area contributed by atoms with E-state index in [1.807, 2.05) is 36.4 Å². The highest BCUT2D eigenvalue weighted by molar-refractivity contribution is 7.89. The Morgan fingerprint density at radius 2 is 1.74 bits per heavy atom. The number of benzene rings is 2. The quantitative estimate of drug-likeness (QED) is 0.541. The minimum atomic E-state index is -3.42. The van der Waals surface area contributed by atoms with Crippen molar-refractivity contribution in [2.45, 2.75) is 37.6 Å². The van der Waals surface area contributed by atoms with Gasteiger partial charge in [-0.3, -0.25) is 0 Å². The van der Waals surface area contributed by atoms with Crippen LogP contribution in [0.4, 0.5) is 5.69 Å². The molecule has 0 amide bonds. The lowest BCUT2D eigenvalue weighted by Crippen LogP contribution is -2.35. The molecule has 0 N–H and O–H groups in total. The molecule has 0 unspecified atom stereocenters. The first-order chi connectivity index (χ1) is 15.0. The highest BCUT2D eigenvalue weighted by Gasteiger charge is 2.25. The van der Waals surface area contributed by atoms with Crippen LogP contribution in [0.5, 0.6) is 5.75 Å². The molecule has 0 aliphatic carbocycles. The number of sulfonamides is 1. The summed E-state index contributed by atoms with van der Waals surface area (Å²) in [5, 5.41) is 2.06. The van der Waals surface area contributed by atoms with Gasteiger partial charge >= 0.3 is 0 Å². The van der Waals surface area contributed by atoms with Crippen molar-refractivity contribution in [2.24, 2.45) is 4.99 Å². The number of piperidine rings is 1. The Morgan fingerprint density at radius 1 is 1.03 bits per heavy atom. The zero-order valence-electron chi connectivity index (χ0n) is 17.8. The summed E-state index contributed by atoms with van der Waals surface area (Å²) in [6.45, 7) is 4.05. The lowest BCUT2D eigenvalue weighted by molar-refractivity contribution is 0.346. The number of para-hydroxylation sites is 2. The van der Waals surface area contributed by atoms with Gasteiger partial charge in [0.15, 0.2) is 4.80 Å². The standard InChI is InChI=1S/C23H27N3O3S2/c1-3-26-21(17-30-23(26)24-20-9-5-6-10-22(20)29-2)18-11-13-19(14-12-18)31(27,28)25-15-7-4-8-16-25/h5-6,9-14,17H,3-4,7-8,15-16H2,1-2H3. The summed E-state index contributed by atoms with van der Waals surface area (Å²) in [4.78, 5) is 6.03. The fraction of sp³-hybridized carbons (Fsp3) is 0.348. The molecule has 4 rings (SSSR count). The van der Waals surface area contributed by atoms with Crippen LogP contribution in [0.2, 0.25) is 0 Å². The summed E-state index contributed by atoms with van der Waals surface area (Å²) < 4.78 is 35.0. The van der Waals surface area contributed by atoms with Crippen molar-refractivity contribution in [3.05, 3.63) is 58.7 Å². The SMILES string of the molecule is CCn1c(-c2ccc(S(=O)(=O)N3CCCCC3)cc2)csc1=Nc1ccccc1OC. The molecule has 0 saturated carbocycles. The van der Waals surface area contributed by atoms with Crippen molar-refractivity contribution >= 4 is 27.0 Å². The van der Waals surface area contributed by atoms with Gasteiger partial charge in [-0.15, -0.1) is 11.3 Å². The molecule has 0 spiro atoms. The number of ether oxygens (including phenoxy) is 1. The third kappa shape index (κ3) is 4.46. The molecule has 1 fully saturated rings. The first-order valence-electron chi connectivity index (χ1n) is 10.5. The molecule has 1 saturated heterocycles. The highest BCUT2D eigenvalue weighted by Crippen LogP contribution is 2.28. The van der Waals surface area contributed by atoms with E-state index < -0.39 is 10.0 Å². The summed E-state index contributed by atoms with van der Waals surface area (Å²) in [7, 11) is -1.78. The average molecular weight is 458 g/mol. The average Bonchev–Trinajstić information content (AvgIpc) is 3.22. The predicted octanol–water partition coefficient (Wildman–Crippen LogP) is 4.65. The fourth-order valence-electron chi connectivity index (χ4n) is 3.83. The molecule has 0 atom stereocenters. The maximum atomic E-state index is 12.9. The second-order valence-electron chi connectivity index (χ2n) is 7.42. The summed E-state index contributed by atoms with van der Waals surface area (Å²) >= 11 is 1.56. The van der Waals surface area contributed by atoms with E-state index in [9.17, 15) is 8.42 Å². The summed E-state index contributed by atoms with van der Waals surface area (Å²) in [5.74, 6) is 0.729. The minimum Gasteiger partial charge on any atom is -0.494 e. The van der Waals surface area contributed by atoms with Crippen molar-refractivity contribution in [1.29, 1.82) is 0 Å². The molecule has 0 bridgehead atoms. The summed E-state index contributed by atoms with van der Waals surface area (Å²) in [6, 6.07) is 14.9. The lowest BCUT2D eigenvalue weighted by atomic mass is 10.2. The van der Waals surface area contributed by atoms with Crippen LogP contribution in [-0.4, -0.2) is 37.5 Å². The Bertz CT molecular complexity index is 1210. The third-order valence-electron chi connectivity index (χ3n) is 5.52. The molecule has 164 valence electrons. The fourth-order valence-corrected chi connectivity index (χ4v) is 6.34. The van der Waals surface area contributed by atoms with Crippen LogP contribution in [-0.2, 0) is 16.6 Å². The Kier molecular flexibility index (Phi) is 6.60. The van der Waals surface area contributed by atoms with Crippen LogP contribution in [0.25, 0.3) is 11.3 Å². The Hall–Kier alpha value is -2.42. The van der Waals surface area contributed by atoms with E-state index in [2.05, 4.69) is 16.9 Å². The molecule has 0 radical (unpaired) electrons. The van der Waals surface area contributed by atoms with Crippen molar-refractivity contribution in [1.82, 2.24) is 8.87 Å². The predicted molar refractivity (Wildman–Crippen MR) is 124 cm³/mol.